The van der Waals surface area contributed by atoms with E-state index in [1.54, 1.807) is 0 Å². The molecule has 2 fully saturated rings. The summed E-state index contributed by atoms with van der Waals surface area (Å²) in [5.41, 5.74) is 1.87. The summed E-state index contributed by atoms with van der Waals surface area (Å²) in [5.74, 6) is 7.72. The van der Waals surface area contributed by atoms with Crippen LogP contribution >= 0.6 is 0 Å². The van der Waals surface area contributed by atoms with Crippen molar-refractivity contribution in [2.45, 2.75) is 105 Å². The second-order valence-electron chi connectivity index (χ2n) is 10.7. The van der Waals surface area contributed by atoms with Crippen LogP contribution in [0, 0.1) is 47.3 Å². The molecule has 0 heteroatoms. The van der Waals surface area contributed by atoms with Gasteiger partial charge >= 0.3 is 0 Å². The summed E-state index contributed by atoms with van der Waals surface area (Å²) in [6.07, 6.45) is 18.8. The zero-order valence-electron chi connectivity index (χ0n) is 18.5. The Morgan fingerprint density at radius 1 is 1.00 bits per heavy atom. The van der Waals surface area contributed by atoms with Gasteiger partial charge in [-0.1, -0.05) is 78.4 Å². The summed E-state index contributed by atoms with van der Waals surface area (Å²) < 4.78 is 0. The van der Waals surface area contributed by atoms with Gasteiger partial charge in [0.15, 0.2) is 0 Å². The molecule has 0 saturated heterocycles. The SMILES string of the molecule is CCC(C(C)CCCC(C)C)C1CCC2C3CCCCC3=CCC2C1C. The zero-order valence-corrected chi connectivity index (χ0v) is 18.5. The minimum atomic E-state index is 0.871. The van der Waals surface area contributed by atoms with Crippen LogP contribution in [0.4, 0.5) is 0 Å². The first-order valence-corrected chi connectivity index (χ1v) is 12.2. The van der Waals surface area contributed by atoms with E-state index in [0.717, 1.165) is 47.3 Å². The topological polar surface area (TPSA) is 0 Å². The van der Waals surface area contributed by atoms with Crippen molar-refractivity contribution in [3.8, 4) is 0 Å². The third-order valence-electron chi connectivity index (χ3n) is 8.80. The molecule has 0 spiro atoms. The minimum Gasteiger partial charge on any atom is -0.0847 e. The quantitative estimate of drug-likeness (QED) is 0.402. The summed E-state index contributed by atoms with van der Waals surface area (Å²) in [6.45, 7) is 12.4. The second-order valence-corrected chi connectivity index (χ2v) is 10.7. The van der Waals surface area contributed by atoms with Crippen molar-refractivity contribution in [1.29, 1.82) is 0 Å². The molecule has 0 aliphatic heterocycles. The fraction of sp³-hybridized carbons (Fsp3) is 0.923. The molecule has 0 aromatic carbocycles. The van der Waals surface area contributed by atoms with E-state index in [9.17, 15) is 0 Å². The molecular formula is C26H46. The average Bonchev–Trinajstić information content (AvgIpc) is 2.63. The van der Waals surface area contributed by atoms with Gasteiger partial charge in [-0.05, 0) is 85.9 Å². The third-order valence-corrected chi connectivity index (χ3v) is 8.80. The van der Waals surface area contributed by atoms with E-state index in [2.05, 4.69) is 40.7 Å². The number of allylic oxidation sites excluding steroid dienone is 2. The van der Waals surface area contributed by atoms with Crippen LogP contribution in [0.1, 0.15) is 105 Å². The monoisotopic (exact) mass is 358 g/mol. The van der Waals surface area contributed by atoms with Gasteiger partial charge in [0.1, 0.15) is 0 Å². The molecule has 0 radical (unpaired) electrons. The Balaban J connectivity index is 1.63. The molecule has 7 unspecified atom stereocenters. The van der Waals surface area contributed by atoms with Gasteiger partial charge in [0.25, 0.3) is 0 Å². The van der Waals surface area contributed by atoms with Crippen LogP contribution in [0.15, 0.2) is 11.6 Å². The van der Waals surface area contributed by atoms with Crippen LogP contribution in [-0.4, -0.2) is 0 Å². The maximum atomic E-state index is 2.71. The van der Waals surface area contributed by atoms with Gasteiger partial charge in [0, 0.05) is 0 Å². The second kappa shape index (κ2) is 9.29. The van der Waals surface area contributed by atoms with Crippen molar-refractivity contribution in [3.05, 3.63) is 11.6 Å². The molecular weight excluding hydrogens is 312 g/mol. The summed E-state index contributed by atoms with van der Waals surface area (Å²) >= 11 is 0. The zero-order chi connectivity index (χ0) is 18.7. The van der Waals surface area contributed by atoms with Crippen molar-refractivity contribution in [3.63, 3.8) is 0 Å². The smallest absolute Gasteiger partial charge is 0.0172 e. The van der Waals surface area contributed by atoms with Crippen LogP contribution in [0.3, 0.4) is 0 Å². The van der Waals surface area contributed by atoms with Crippen LogP contribution in [0.5, 0.6) is 0 Å². The van der Waals surface area contributed by atoms with E-state index < -0.39 is 0 Å². The highest BCUT2D eigenvalue weighted by atomic mass is 14.5. The molecule has 3 aliphatic rings. The van der Waals surface area contributed by atoms with E-state index in [1.807, 2.05) is 5.57 Å². The van der Waals surface area contributed by atoms with Gasteiger partial charge in [-0.3, -0.25) is 0 Å². The predicted octanol–water partition coefficient (Wildman–Crippen LogP) is 8.27. The molecule has 150 valence electrons. The van der Waals surface area contributed by atoms with E-state index in [1.165, 1.54) is 70.6 Å². The lowest BCUT2D eigenvalue weighted by atomic mass is 9.54. The van der Waals surface area contributed by atoms with Crippen LogP contribution in [-0.2, 0) is 0 Å². The molecule has 26 heavy (non-hydrogen) atoms. The molecule has 3 rings (SSSR count). The van der Waals surface area contributed by atoms with Gasteiger partial charge < -0.3 is 0 Å². The Morgan fingerprint density at radius 2 is 1.81 bits per heavy atom. The Labute approximate surface area is 164 Å². The third kappa shape index (κ3) is 4.41. The minimum absolute atomic E-state index is 0.871. The van der Waals surface area contributed by atoms with Crippen LogP contribution in [0.25, 0.3) is 0 Å². The Bertz CT molecular complexity index is 459. The number of hydrogen-bond donors (Lipinski definition) is 0. The summed E-state index contributed by atoms with van der Waals surface area (Å²) in [7, 11) is 0. The number of rotatable bonds is 7. The molecule has 0 amide bonds. The van der Waals surface area contributed by atoms with E-state index in [0.29, 0.717) is 0 Å². The van der Waals surface area contributed by atoms with Gasteiger partial charge in [-0.25, -0.2) is 0 Å². The molecule has 7 atom stereocenters. The first kappa shape index (κ1) is 20.5. The van der Waals surface area contributed by atoms with Gasteiger partial charge in [-0.2, -0.15) is 0 Å². The molecule has 0 heterocycles. The van der Waals surface area contributed by atoms with Crippen molar-refractivity contribution in [2.24, 2.45) is 47.3 Å². The molecule has 0 aromatic rings. The standard InChI is InChI=1S/C26H46/c1-6-22(19(4)11-9-10-18(2)3)23-16-17-26-24(20(23)5)15-14-21-12-7-8-13-25(21)26/h14,18-20,22-26H,6-13,15-17H2,1-5H3. The number of fused-ring (bicyclic) bond motifs is 3. The highest BCUT2D eigenvalue weighted by Crippen LogP contribution is 2.54. The molecule has 0 nitrogen and oxygen atoms in total. The van der Waals surface area contributed by atoms with Gasteiger partial charge in [0.2, 0.25) is 0 Å². The van der Waals surface area contributed by atoms with Crippen molar-refractivity contribution >= 4 is 0 Å². The highest BCUT2D eigenvalue weighted by molar-refractivity contribution is 5.17. The van der Waals surface area contributed by atoms with Gasteiger partial charge in [0.05, 0.1) is 0 Å². The Hall–Kier alpha value is -0.260. The van der Waals surface area contributed by atoms with E-state index >= 15 is 0 Å². The van der Waals surface area contributed by atoms with E-state index in [4.69, 9.17) is 0 Å². The van der Waals surface area contributed by atoms with Crippen molar-refractivity contribution in [2.75, 3.05) is 0 Å². The fourth-order valence-electron chi connectivity index (χ4n) is 7.35. The average molecular weight is 359 g/mol. The molecule has 0 N–H and O–H groups in total. The fourth-order valence-corrected chi connectivity index (χ4v) is 7.35. The molecule has 0 aromatic heterocycles. The van der Waals surface area contributed by atoms with Crippen LogP contribution < -0.4 is 0 Å². The first-order valence-electron chi connectivity index (χ1n) is 12.2. The lowest BCUT2D eigenvalue weighted by Crippen LogP contribution is -2.43. The van der Waals surface area contributed by atoms with Gasteiger partial charge in [-0.15, -0.1) is 0 Å². The highest BCUT2D eigenvalue weighted by Gasteiger charge is 2.45. The molecule has 3 aliphatic carbocycles. The maximum Gasteiger partial charge on any atom is -0.0172 e. The summed E-state index contributed by atoms with van der Waals surface area (Å²) in [5, 5.41) is 0. The lowest BCUT2D eigenvalue weighted by molar-refractivity contribution is 0.0138. The molecule has 0 bridgehead atoms. The first-order chi connectivity index (χ1) is 12.5. The summed E-state index contributed by atoms with van der Waals surface area (Å²) in [6, 6.07) is 0. The summed E-state index contributed by atoms with van der Waals surface area (Å²) in [4.78, 5) is 0. The normalized spacial score (nSPS) is 36.8. The lowest BCUT2D eigenvalue weighted by Gasteiger charge is -2.51. The predicted molar refractivity (Wildman–Crippen MR) is 115 cm³/mol. The Morgan fingerprint density at radius 3 is 2.54 bits per heavy atom. The van der Waals surface area contributed by atoms with Crippen LogP contribution in [0.2, 0.25) is 0 Å². The molecule has 2 saturated carbocycles. The number of hydrogen-bond acceptors (Lipinski definition) is 0. The maximum absolute atomic E-state index is 2.71. The Kier molecular flexibility index (Phi) is 7.32. The van der Waals surface area contributed by atoms with Crippen molar-refractivity contribution in [1.82, 2.24) is 0 Å². The van der Waals surface area contributed by atoms with E-state index in [-0.39, 0.29) is 0 Å². The van der Waals surface area contributed by atoms with Crippen molar-refractivity contribution < 1.29 is 0 Å². The largest absolute Gasteiger partial charge is 0.0847 e.